The van der Waals surface area contributed by atoms with Crippen LogP contribution >= 0.6 is 0 Å². The van der Waals surface area contributed by atoms with Gasteiger partial charge in [-0.25, -0.2) is 19.2 Å². The average molecular weight is 935 g/mol. The lowest BCUT2D eigenvalue weighted by atomic mass is 9.78. The predicted octanol–water partition coefficient (Wildman–Crippen LogP) is 14.1. The Morgan fingerprint density at radius 1 is 0.368 bits per heavy atom. The molecule has 0 aliphatic carbocycles. The fourth-order valence-corrected chi connectivity index (χ4v) is 8.31. The number of phenols is 2. The molecule has 0 heterocycles. The first-order valence-corrected chi connectivity index (χ1v) is 24.2. The second-order valence-electron chi connectivity index (χ2n) is 22.6. The Morgan fingerprint density at radius 2 is 0.588 bits per heavy atom. The predicted molar refractivity (Wildman–Crippen MR) is 270 cm³/mol. The van der Waals surface area contributed by atoms with Gasteiger partial charge in [-0.2, -0.15) is 0 Å². The van der Waals surface area contributed by atoms with Gasteiger partial charge in [0.2, 0.25) is 0 Å². The minimum atomic E-state index is -0.533. The van der Waals surface area contributed by atoms with E-state index in [4.69, 9.17) is 18.9 Å². The molecule has 10 nitrogen and oxygen atoms in total. The zero-order valence-electron chi connectivity index (χ0n) is 43.9. The molecular weight excluding hydrogens is 857 g/mol. The monoisotopic (exact) mass is 935 g/mol. The zero-order chi connectivity index (χ0) is 51.1. The maximum absolute atomic E-state index is 13.5. The smallest absolute Gasteiger partial charge is 0.343 e. The van der Waals surface area contributed by atoms with Crippen molar-refractivity contribution in [2.24, 2.45) is 0 Å². The summed E-state index contributed by atoms with van der Waals surface area (Å²) in [6, 6.07) is 13.5. The van der Waals surface area contributed by atoms with Crippen LogP contribution in [0.15, 0.2) is 48.5 Å². The molecule has 2 N–H and O–H groups in total. The summed E-state index contributed by atoms with van der Waals surface area (Å²) in [5.41, 5.74) is 5.17. The van der Waals surface area contributed by atoms with Crippen molar-refractivity contribution in [3.63, 3.8) is 0 Å². The van der Waals surface area contributed by atoms with Crippen LogP contribution in [0.2, 0.25) is 0 Å². The molecule has 0 spiro atoms. The number of unbranched alkanes of at least 4 members (excludes halogenated alkanes) is 7. The Bertz CT molecular complexity index is 2190. The first-order chi connectivity index (χ1) is 31.4. The van der Waals surface area contributed by atoms with Crippen molar-refractivity contribution in [2.45, 2.75) is 184 Å². The van der Waals surface area contributed by atoms with Gasteiger partial charge in [-0.3, -0.25) is 0 Å². The summed E-state index contributed by atoms with van der Waals surface area (Å²) in [6.45, 7) is 31.7. The zero-order valence-corrected chi connectivity index (χ0v) is 43.9. The van der Waals surface area contributed by atoms with E-state index in [9.17, 15) is 29.4 Å². The van der Waals surface area contributed by atoms with Gasteiger partial charge in [0.05, 0.1) is 35.5 Å². The summed E-state index contributed by atoms with van der Waals surface area (Å²) in [6.07, 6.45) is 7.55. The second kappa shape index (κ2) is 22.2. The van der Waals surface area contributed by atoms with Crippen LogP contribution in [0.25, 0.3) is 0 Å². The van der Waals surface area contributed by atoms with E-state index in [0.29, 0.717) is 91.5 Å². The topological polar surface area (TPSA) is 146 Å². The number of esters is 4. The average Bonchev–Trinajstić information content (AvgIpc) is 3.21. The standard InChI is InChI=1S/C58H78O10/c1-35-27-39(28-36(2)49(35)67-53(63)41-31-43(55(5,6)7)47(59)44(32-41)56(8,9)10)51(61)65-25-23-21-19-17-18-20-22-24-26-66-52(62)40-29-37(3)50(38(4)30-40)68-54(64)42-33-45(57(11,12)13)48(60)46(34-42)58(14,15)16/h27-34,59-60H,17-26H2,1-16H3. The molecule has 370 valence electrons. The molecule has 10 heteroatoms. The van der Waals surface area contributed by atoms with Gasteiger partial charge in [-0.1, -0.05) is 122 Å². The number of carbonyl (C=O) groups is 4. The number of aromatic hydroxyl groups is 2. The highest BCUT2D eigenvalue weighted by Crippen LogP contribution is 2.42. The molecule has 0 saturated carbocycles. The van der Waals surface area contributed by atoms with E-state index in [1.54, 1.807) is 76.2 Å². The molecule has 0 saturated heterocycles. The summed E-state index contributed by atoms with van der Waals surface area (Å²) in [7, 11) is 0. The second-order valence-corrected chi connectivity index (χ2v) is 22.6. The minimum absolute atomic E-state index is 0.191. The lowest BCUT2D eigenvalue weighted by Gasteiger charge is -2.28. The van der Waals surface area contributed by atoms with Crippen LogP contribution in [-0.2, 0) is 31.1 Å². The lowest BCUT2D eigenvalue weighted by molar-refractivity contribution is 0.0487. The molecule has 0 atom stereocenters. The van der Waals surface area contributed by atoms with Crippen LogP contribution in [-0.4, -0.2) is 47.3 Å². The van der Waals surface area contributed by atoms with Crippen molar-refractivity contribution in [3.05, 3.63) is 115 Å². The molecule has 4 aromatic carbocycles. The lowest BCUT2D eigenvalue weighted by Crippen LogP contribution is -2.20. The van der Waals surface area contributed by atoms with Crippen molar-refractivity contribution < 1.29 is 48.3 Å². The van der Waals surface area contributed by atoms with Crippen LogP contribution in [0.1, 0.15) is 220 Å². The molecule has 0 amide bonds. The van der Waals surface area contributed by atoms with Crippen LogP contribution < -0.4 is 9.47 Å². The molecule has 0 bridgehead atoms. The summed E-state index contributed by atoms with van der Waals surface area (Å²) in [5.74, 6) is -0.741. The van der Waals surface area contributed by atoms with E-state index in [1.807, 2.05) is 83.1 Å². The van der Waals surface area contributed by atoms with E-state index in [1.165, 1.54) is 0 Å². The third-order valence-electron chi connectivity index (χ3n) is 12.2. The molecule has 0 unspecified atom stereocenters. The fourth-order valence-electron chi connectivity index (χ4n) is 8.31. The molecule has 0 aliphatic rings. The number of hydrogen-bond donors (Lipinski definition) is 2. The highest BCUT2D eigenvalue weighted by Gasteiger charge is 2.31. The normalized spacial score (nSPS) is 12.2. The van der Waals surface area contributed by atoms with E-state index >= 15 is 0 Å². The molecule has 4 aromatic rings. The van der Waals surface area contributed by atoms with Gasteiger partial charge in [-0.15, -0.1) is 0 Å². The molecule has 0 aromatic heterocycles. The van der Waals surface area contributed by atoms with Crippen molar-refractivity contribution in [1.82, 2.24) is 0 Å². The Labute approximate surface area is 406 Å². The van der Waals surface area contributed by atoms with Crippen molar-refractivity contribution in [3.8, 4) is 23.0 Å². The summed E-state index contributed by atoms with van der Waals surface area (Å²) in [4.78, 5) is 52.9. The molecule has 0 fully saturated rings. The summed E-state index contributed by atoms with van der Waals surface area (Å²) < 4.78 is 23.0. The first kappa shape index (κ1) is 55.0. The van der Waals surface area contributed by atoms with Gasteiger partial charge in [0.15, 0.2) is 0 Å². The first-order valence-electron chi connectivity index (χ1n) is 24.2. The van der Waals surface area contributed by atoms with Crippen molar-refractivity contribution in [1.29, 1.82) is 0 Å². The Kier molecular flexibility index (Phi) is 17.9. The van der Waals surface area contributed by atoms with Crippen LogP contribution in [0, 0.1) is 27.7 Å². The molecule has 68 heavy (non-hydrogen) atoms. The maximum atomic E-state index is 13.5. The number of ether oxygens (including phenoxy) is 4. The van der Waals surface area contributed by atoms with Crippen LogP contribution in [0.4, 0.5) is 0 Å². The Balaban J connectivity index is 1.15. The van der Waals surface area contributed by atoms with Gasteiger partial charge < -0.3 is 29.2 Å². The van der Waals surface area contributed by atoms with Crippen LogP contribution in [0.3, 0.4) is 0 Å². The van der Waals surface area contributed by atoms with Gasteiger partial charge >= 0.3 is 23.9 Å². The molecule has 0 radical (unpaired) electrons. The van der Waals surface area contributed by atoms with Gasteiger partial charge in [-0.05, 0) is 133 Å². The number of aryl methyl sites for hydroxylation is 4. The van der Waals surface area contributed by atoms with E-state index in [-0.39, 0.29) is 11.5 Å². The maximum Gasteiger partial charge on any atom is 0.343 e. The van der Waals surface area contributed by atoms with E-state index in [0.717, 1.165) is 51.4 Å². The van der Waals surface area contributed by atoms with Gasteiger partial charge in [0.25, 0.3) is 0 Å². The highest BCUT2D eigenvalue weighted by atomic mass is 16.5. The SMILES string of the molecule is Cc1cc(C(=O)OCCCCCCCCCCOC(=O)c2cc(C)c(OC(=O)c3cc(C(C)(C)C)c(O)c(C(C)(C)C)c3)c(C)c2)cc(C)c1OC(=O)c1cc(C(C)(C)C)c(O)c(C(C)(C)C)c1. The van der Waals surface area contributed by atoms with Gasteiger partial charge in [0.1, 0.15) is 23.0 Å². The number of hydrogen-bond acceptors (Lipinski definition) is 10. The number of carbonyl (C=O) groups excluding carboxylic acids is 4. The third-order valence-corrected chi connectivity index (χ3v) is 12.2. The fraction of sp³-hybridized carbons (Fsp3) is 0.517. The Morgan fingerprint density at radius 3 is 0.824 bits per heavy atom. The van der Waals surface area contributed by atoms with Crippen LogP contribution in [0.5, 0.6) is 23.0 Å². The van der Waals surface area contributed by atoms with E-state index < -0.39 is 45.5 Å². The largest absolute Gasteiger partial charge is 0.507 e. The third kappa shape index (κ3) is 14.4. The number of benzene rings is 4. The van der Waals surface area contributed by atoms with Crippen molar-refractivity contribution in [2.75, 3.05) is 13.2 Å². The number of rotatable bonds is 17. The Hall–Kier alpha value is -5.64. The molecule has 0 aliphatic heterocycles. The molecule has 4 rings (SSSR count). The summed E-state index contributed by atoms with van der Waals surface area (Å²) in [5, 5.41) is 22.2. The highest BCUT2D eigenvalue weighted by molar-refractivity contribution is 5.95. The summed E-state index contributed by atoms with van der Waals surface area (Å²) >= 11 is 0. The van der Waals surface area contributed by atoms with Gasteiger partial charge in [0, 0.05) is 22.3 Å². The van der Waals surface area contributed by atoms with E-state index in [2.05, 4.69) is 0 Å². The minimum Gasteiger partial charge on any atom is -0.507 e. The van der Waals surface area contributed by atoms with Crippen molar-refractivity contribution >= 4 is 23.9 Å². The quantitative estimate of drug-likeness (QED) is 0.0596. The molecular formula is C58H78O10. The number of phenolic OH excluding ortho intramolecular Hbond substituents is 2.